The Labute approximate surface area is 110 Å². The molecular weight excluding hydrogens is 224 g/mol. The van der Waals surface area contributed by atoms with Gasteiger partial charge >= 0.3 is 0 Å². The van der Waals surface area contributed by atoms with E-state index in [2.05, 4.69) is 36.1 Å². The summed E-state index contributed by atoms with van der Waals surface area (Å²) < 4.78 is 0. The summed E-state index contributed by atoms with van der Waals surface area (Å²) in [7, 11) is 0. The van der Waals surface area contributed by atoms with Crippen LogP contribution in [-0.4, -0.2) is 23.1 Å². The Morgan fingerprint density at radius 3 is 2.78 bits per heavy atom. The zero-order chi connectivity index (χ0) is 13.4. The SMILES string of the molecule is CCCc1cc(NCC(C)(C)CCCN)ncn1. The maximum absolute atomic E-state index is 5.56. The normalized spacial score (nSPS) is 11.6. The molecule has 0 unspecified atom stereocenters. The van der Waals surface area contributed by atoms with E-state index in [4.69, 9.17) is 5.73 Å². The number of rotatable bonds is 8. The average Bonchev–Trinajstić information content (AvgIpc) is 2.35. The average molecular weight is 250 g/mol. The third kappa shape index (κ3) is 5.45. The van der Waals surface area contributed by atoms with Gasteiger partial charge in [0.2, 0.25) is 0 Å². The summed E-state index contributed by atoms with van der Waals surface area (Å²) >= 11 is 0. The fraction of sp³-hybridized carbons (Fsp3) is 0.714. The maximum Gasteiger partial charge on any atom is 0.129 e. The maximum atomic E-state index is 5.56. The number of hydrogen-bond donors (Lipinski definition) is 2. The summed E-state index contributed by atoms with van der Waals surface area (Å²) in [6.07, 6.45) is 5.95. The number of hydrogen-bond acceptors (Lipinski definition) is 4. The molecule has 0 bridgehead atoms. The fourth-order valence-corrected chi connectivity index (χ4v) is 1.89. The highest BCUT2D eigenvalue weighted by atomic mass is 15.0. The summed E-state index contributed by atoms with van der Waals surface area (Å²) in [6, 6.07) is 2.04. The molecule has 1 aromatic rings. The number of nitrogens with one attached hydrogen (secondary N) is 1. The Bertz CT molecular complexity index is 349. The smallest absolute Gasteiger partial charge is 0.129 e. The highest BCUT2D eigenvalue weighted by molar-refractivity contribution is 5.35. The predicted molar refractivity (Wildman–Crippen MR) is 76.6 cm³/mol. The van der Waals surface area contributed by atoms with E-state index in [1.165, 1.54) is 0 Å². The largest absolute Gasteiger partial charge is 0.369 e. The Morgan fingerprint density at radius 2 is 2.11 bits per heavy atom. The van der Waals surface area contributed by atoms with Gasteiger partial charge in [-0.3, -0.25) is 0 Å². The van der Waals surface area contributed by atoms with Gasteiger partial charge < -0.3 is 11.1 Å². The minimum Gasteiger partial charge on any atom is -0.369 e. The van der Waals surface area contributed by atoms with E-state index >= 15 is 0 Å². The fourth-order valence-electron chi connectivity index (χ4n) is 1.89. The van der Waals surface area contributed by atoms with Gasteiger partial charge in [-0.1, -0.05) is 27.2 Å². The van der Waals surface area contributed by atoms with Gasteiger partial charge in [0.05, 0.1) is 0 Å². The van der Waals surface area contributed by atoms with Crippen molar-refractivity contribution in [2.24, 2.45) is 11.1 Å². The Morgan fingerprint density at radius 1 is 1.33 bits per heavy atom. The summed E-state index contributed by atoms with van der Waals surface area (Å²) in [5, 5.41) is 3.40. The van der Waals surface area contributed by atoms with Crippen LogP contribution in [0.3, 0.4) is 0 Å². The van der Waals surface area contributed by atoms with Gasteiger partial charge in [0, 0.05) is 18.3 Å². The van der Waals surface area contributed by atoms with E-state index in [9.17, 15) is 0 Å². The highest BCUT2D eigenvalue weighted by Crippen LogP contribution is 2.22. The molecule has 4 nitrogen and oxygen atoms in total. The van der Waals surface area contributed by atoms with Gasteiger partial charge in [0.25, 0.3) is 0 Å². The standard InChI is InChI=1S/C14H26N4/c1-4-6-12-9-13(18-11-17-12)16-10-14(2,3)7-5-8-15/h9,11H,4-8,10,15H2,1-3H3,(H,16,17,18). The quantitative estimate of drug-likeness (QED) is 0.744. The van der Waals surface area contributed by atoms with E-state index in [1.54, 1.807) is 6.33 Å². The Kier molecular flexibility index (Phi) is 6.05. The predicted octanol–water partition coefficient (Wildman–Crippen LogP) is 2.61. The molecule has 0 aliphatic carbocycles. The molecule has 1 heterocycles. The van der Waals surface area contributed by atoms with Crippen LogP contribution in [0.4, 0.5) is 5.82 Å². The zero-order valence-corrected chi connectivity index (χ0v) is 11.9. The van der Waals surface area contributed by atoms with Crippen molar-refractivity contribution in [2.75, 3.05) is 18.4 Å². The van der Waals surface area contributed by atoms with E-state index in [-0.39, 0.29) is 5.41 Å². The molecule has 3 N–H and O–H groups in total. The summed E-state index contributed by atoms with van der Waals surface area (Å²) in [5.74, 6) is 0.925. The van der Waals surface area contributed by atoms with E-state index in [1.807, 2.05) is 6.07 Å². The molecule has 0 aliphatic rings. The topological polar surface area (TPSA) is 63.8 Å². The first-order chi connectivity index (χ1) is 8.57. The molecule has 1 rings (SSSR count). The van der Waals surface area contributed by atoms with Gasteiger partial charge in [0.15, 0.2) is 0 Å². The highest BCUT2D eigenvalue weighted by Gasteiger charge is 2.16. The lowest BCUT2D eigenvalue weighted by Crippen LogP contribution is -2.24. The molecule has 102 valence electrons. The summed E-state index contributed by atoms with van der Waals surface area (Å²) in [4.78, 5) is 8.51. The first kappa shape index (κ1) is 14.9. The Hall–Kier alpha value is -1.16. The minimum absolute atomic E-state index is 0.245. The minimum atomic E-state index is 0.245. The lowest BCUT2D eigenvalue weighted by molar-refractivity contribution is 0.350. The zero-order valence-electron chi connectivity index (χ0n) is 11.9. The van der Waals surface area contributed by atoms with Crippen molar-refractivity contribution in [3.63, 3.8) is 0 Å². The van der Waals surface area contributed by atoms with Crippen LogP contribution in [0.15, 0.2) is 12.4 Å². The number of nitrogens with two attached hydrogens (primary N) is 1. The van der Waals surface area contributed by atoms with E-state index in [0.29, 0.717) is 0 Å². The van der Waals surface area contributed by atoms with Gasteiger partial charge in [-0.05, 0) is 31.2 Å². The molecular formula is C14H26N4. The molecule has 4 heteroatoms. The first-order valence-electron chi connectivity index (χ1n) is 6.82. The van der Waals surface area contributed by atoms with Crippen LogP contribution >= 0.6 is 0 Å². The van der Waals surface area contributed by atoms with Gasteiger partial charge in [-0.2, -0.15) is 0 Å². The van der Waals surface area contributed by atoms with E-state index < -0.39 is 0 Å². The van der Waals surface area contributed by atoms with Crippen molar-refractivity contribution in [3.8, 4) is 0 Å². The second-order valence-electron chi connectivity index (χ2n) is 5.55. The van der Waals surface area contributed by atoms with Crippen molar-refractivity contribution >= 4 is 5.82 Å². The van der Waals surface area contributed by atoms with Crippen molar-refractivity contribution in [2.45, 2.75) is 46.5 Å². The van der Waals surface area contributed by atoms with Crippen LogP contribution in [-0.2, 0) is 6.42 Å². The van der Waals surface area contributed by atoms with Crippen LogP contribution in [0.1, 0.15) is 45.7 Å². The number of aryl methyl sites for hydroxylation is 1. The second kappa shape index (κ2) is 7.31. The molecule has 0 amide bonds. The molecule has 0 fully saturated rings. The Balaban J connectivity index is 2.49. The van der Waals surface area contributed by atoms with Crippen molar-refractivity contribution in [1.29, 1.82) is 0 Å². The van der Waals surface area contributed by atoms with Crippen LogP contribution in [0.2, 0.25) is 0 Å². The van der Waals surface area contributed by atoms with Crippen molar-refractivity contribution in [3.05, 3.63) is 18.1 Å². The molecule has 0 radical (unpaired) electrons. The van der Waals surface area contributed by atoms with Gasteiger partial charge in [-0.15, -0.1) is 0 Å². The monoisotopic (exact) mass is 250 g/mol. The van der Waals surface area contributed by atoms with Crippen LogP contribution in [0.5, 0.6) is 0 Å². The third-order valence-corrected chi connectivity index (χ3v) is 3.04. The lowest BCUT2D eigenvalue weighted by Gasteiger charge is -2.25. The van der Waals surface area contributed by atoms with Crippen molar-refractivity contribution < 1.29 is 0 Å². The van der Waals surface area contributed by atoms with Crippen LogP contribution in [0.25, 0.3) is 0 Å². The summed E-state index contributed by atoms with van der Waals surface area (Å²) in [6.45, 7) is 8.34. The van der Waals surface area contributed by atoms with E-state index in [0.717, 1.165) is 50.3 Å². The third-order valence-electron chi connectivity index (χ3n) is 3.04. The molecule has 0 spiro atoms. The van der Waals surface area contributed by atoms with Gasteiger partial charge in [-0.25, -0.2) is 9.97 Å². The van der Waals surface area contributed by atoms with Crippen LogP contribution < -0.4 is 11.1 Å². The molecule has 0 aliphatic heterocycles. The number of nitrogens with zero attached hydrogens (tertiary/aromatic N) is 2. The van der Waals surface area contributed by atoms with Gasteiger partial charge in [0.1, 0.15) is 12.1 Å². The van der Waals surface area contributed by atoms with Crippen LogP contribution in [0, 0.1) is 5.41 Å². The number of anilines is 1. The van der Waals surface area contributed by atoms with Crippen molar-refractivity contribution in [1.82, 2.24) is 9.97 Å². The lowest BCUT2D eigenvalue weighted by atomic mass is 9.88. The summed E-state index contributed by atoms with van der Waals surface area (Å²) in [5.41, 5.74) is 6.91. The molecule has 0 saturated heterocycles. The molecule has 0 saturated carbocycles. The molecule has 0 atom stereocenters. The molecule has 0 aromatic carbocycles. The first-order valence-corrected chi connectivity index (χ1v) is 6.82. The molecule has 18 heavy (non-hydrogen) atoms. The number of aromatic nitrogens is 2. The second-order valence-corrected chi connectivity index (χ2v) is 5.55. The molecule has 1 aromatic heterocycles.